The SMILES string of the molecule is CNc1cccc(NCOc2cccc(C(C)=O)c2)c1. The van der Waals surface area contributed by atoms with Crippen molar-refractivity contribution < 1.29 is 9.53 Å². The Bertz CT molecular complexity index is 597. The Balaban J connectivity index is 1.92. The molecule has 0 aliphatic heterocycles. The number of benzene rings is 2. The molecule has 2 N–H and O–H groups in total. The van der Waals surface area contributed by atoms with Gasteiger partial charge in [-0.1, -0.05) is 18.2 Å². The van der Waals surface area contributed by atoms with Crippen LogP contribution < -0.4 is 15.4 Å². The highest BCUT2D eigenvalue weighted by Gasteiger charge is 2.01. The molecular formula is C16H18N2O2. The first-order valence-electron chi connectivity index (χ1n) is 6.44. The van der Waals surface area contributed by atoms with Gasteiger partial charge in [0.25, 0.3) is 0 Å². The molecule has 0 atom stereocenters. The highest BCUT2D eigenvalue weighted by Crippen LogP contribution is 2.16. The summed E-state index contributed by atoms with van der Waals surface area (Å²) in [6, 6.07) is 15.1. The Kier molecular flexibility index (Phi) is 4.60. The van der Waals surface area contributed by atoms with Gasteiger partial charge in [0.2, 0.25) is 0 Å². The lowest BCUT2D eigenvalue weighted by molar-refractivity contribution is 0.101. The number of carbonyl (C=O) groups excluding carboxylic acids is 1. The van der Waals surface area contributed by atoms with Gasteiger partial charge in [-0.2, -0.15) is 0 Å². The number of hydrogen-bond acceptors (Lipinski definition) is 4. The van der Waals surface area contributed by atoms with Crippen LogP contribution in [0.1, 0.15) is 17.3 Å². The summed E-state index contributed by atoms with van der Waals surface area (Å²) in [5.41, 5.74) is 2.66. The minimum atomic E-state index is 0.0325. The number of nitrogens with one attached hydrogen (secondary N) is 2. The van der Waals surface area contributed by atoms with Gasteiger partial charge in [-0.25, -0.2) is 0 Å². The Hall–Kier alpha value is -2.49. The minimum Gasteiger partial charge on any atom is -0.473 e. The molecule has 0 bridgehead atoms. The van der Waals surface area contributed by atoms with Gasteiger partial charge in [-0.3, -0.25) is 4.79 Å². The van der Waals surface area contributed by atoms with Crippen LogP contribution in [-0.4, -0.2) is 19.6 Å². The molecule has 4 heteroatoms. The molecule has 2 aromatic rings. The van der Waals surface area contributed by atoms with Gasteiger partial charge in [0.05, 0.1) is 0 Å². The highest BCUT2D eigenvalue weighted by molar-refractivity contribution is 5.94. The molecule has 2 aromatic carbocycles. The van der Waals surface area contributed by atoms with E-state index in [1.807, 2.05) is 43.4 Å². The molecule has 0 aromatic heterocycles. The van der Waals surface area contributed by atoms with E-state index in [-0.39, 0.29) is 5.78 Å². The Morgan fingerprint density at radius 2 is 1.85 bits per heavy atom. The number of carbonyl (C=O) groups is 1. The maximum absolute atomic E-state index is 11.3. The first kappa shape index (κ1) is 13.9. The Morgan fingerprint density at radius 3 is 2.60 bits per heavy atom. The van der Waals surface area contributed by atoms with E-state index in [9.17, 15) is 4.79 Å². The second-order valence-corrected chi connectivity index (χ2v) is 4.38. The molecule has 4 nitrogen and oxygen atoms in total. The molecule has 0 saturated carbocycles. The van der Waals surface area contributed by atoms with Crippen LogP contribution in [-0.2, 0) is 0 Å². The van der Waals surface area contributed by atoms with Crippen LogP contribution in [0.15, 0.2) is 48.5 Å². The van der Waals surface area contributed by atoms with E-state index < -0.39 is 0 Å². The molecule has 0 saturated heterocycles. The zero-order valence-corrected chi connectivity index (χ0v) is 11.6. The van der Waals surface area contributed by atoms with Crippen LogP contribution >= 0.6 is 0 Å². The fourth-order valence-corrected chi connectivity index (χ4v) is 1.79. The van der Waals surface area contributed by atoms with E-state index >= 15 is 0 Å². The molecule has 0 unspecified atom stereocenters. The normalized spacial score (nSPS) is 9.90. The van der Waals surface area contributed by atoms with Gasteiger partial charge in [0.15, 0.2) is 12.5 Å². The maximum Gasteiger partial charge on any atom is 0.159 e. The lowest BCUT2D eigenvalue weighted by Gasteiger charge is -2.10. The summed E-state index contributed by atoms with van der Waals surface area (Å²) >= 11 is 0. The lowest BCUT2D eigenvalue weighted by atomic mass is 10.1. The van der Waals surface area contributed by atoms with Crippen LogP contribution in [0, 0.1) is 0 Å². The van der Waals surface area contributed by atoms with Gasteiger partial charge < -0.3 is 15.4 Å². The Morgan fingerprint density at radius 1 is 1.10 bits per heavy atom. The van der Waals surface area contributed by atoms with Gasteiger partial charge >= 0.3 is 0 Å². The smallest absolute Gasteiger partial charge is 0.159 e. The van der Waals surface area contributed by atoms with Crippen molar-refractivity contribution in [2.75, 3.05) is 24.4 Å². The van der Waals surface area contributed by atoms with Crippen molar-refractivity contribution in [1.82, 2.24) is 0 Å². The molecule has 0 fully saturated rings. The van der Waals surface area contributed by atoms with E-state index in [0.29, 0.717) is 18.0 Å². The largest absolute Gasteiger partial charge is 0.473 e. The number of Topliss-reactive ketones (excluding diaryl/α,β-unsaturated/α-hetero) is 1. The maximum atomic E-state index is 11.3. The van der Waals surface area contributed by atoms with Gasteiger partial charge in [0.1, 0.15) is 5.75 Å². The summed E-state index contributed by atoms with van der Waals surface area (Å²) in [5.74, 6) is 0.708. The van der Waals surface area contributed by atoms with Gasteiger partial charge in [-0.15, -0.1) is 0 Å². The van der Waals surface area contributed by atoms with E-state index in [2.05, 4.69) is 10.6 Å². The highest BCUT2D eigenvalue weighted by atomic mass is 16.5. The fourth-order valence-electron chi connectivity index (χ4n) is 1.79. The van der Waals surface area contributed by atoms with Crippen molar-refractivity contribution >= 4 is 17.2 Å². The molecule has 0 aliphatic rings. The fraction of sp³-hybridized carbons (Fsp3) is 0.188. The number of rotatable bonds is 6. The summed E-state index contributed by atoms with van der Waals surface area (Å²) in [7, 11) is 1.88. The zero-order chi connectivity index (χ0) is 14.4. The summed E-state index contributed by atoms with van der Waals surface area (Å²) in [6.45, 7) is 1.88. The molecule has 0 aliphatic carbocycles. The molecule has 104 valence electrons. The molecule has 0 spiro atoms. The van der Waals surface area contributed by atoms with Crippen molar-refractivity contribution in [2.45, 2.75) is 6.92 Å². The van der Waals surface area contributed by atoms with E-state index in [1.165, 1.54) is 0 Å². The minimum absolute atomic E-state index is 0.0325. The summed E-state index contributed by atoms with van der Waals surface area (Å²) < 4.78 is 5.59. The molecule has 0 radical (unpaired) electrons. The molecule has 0 heterocycles. The molecule has 20 heavy (non-hydrogen) atoms. The number of ether oxygens (including phenoxy) is 1. The van der Waals surface area contributed by atoms with E-state index in [0.717, 1.165) is 11.4 Å². The first-order chi connectivity index (χ1) is 9.69. The predicted molar refractivity (Wildman–Crippen MR) is 81.6 cm³/mol. The van der Waals surface area contributed by atoms with Crippen molar-refractivity contribution in [3.05, 3.63) is 54.1 Å². The third-order valence-electron chi connectivity index (χ3n) is 2.91. The summed E-state index contributed by atoms with van der Waals surface area (Å²) in [4.78, 5) is 11.3. The van der Waals surface area contributed by atoms with Crippen LogP contribution in [0.25, 0.3) is 0 Å². The summed E-state index contributed by atoms with van der Waals surface area (Å²) in [5, 5.41) is 6.25. The second kappa shape index (κ2) is 6.61. The van der Waals surface area contributed by atoms with Gasteiger partial charge in [0, 0.05) is 24.0 Å². The zero-order valence-electron chi connectivity index (χ0n) is 11.6. The van der Waals surface area contributed by atoms with Crippen LogP contribution in [0.5, 0.6) is 5.75 Å². The van der Waals surface area contributed by atoms with Crippen LogP contribution in [0.3, 0.4) is 0 Å². The van der Waals surface area contributed by atoms with E-state index in [4.69, 9.17) is 4.74 Å². The third-order valence-corrected chi connectivity index (χ3v) is 2.91. The van der Waals surface area contributed by atoms with Crippen molar-refractivity contribution in [3.63, 3.8) is 0 Å². The number of hydrogen-bond donors (Lipinski definition) is 2. The molecular weight excluding hydrogens is 252 g/mol. The quantitative estimate of drug-likeness (QED) is 0.624. The Labute approximate surface area is 118 Å². The van der Waals surface area contributed by atoms with Gasteiger partial charge in [-0.05, 0) is 37.3 Å². The number of anilines is 2. The third kappa shape index (κ3) is 3.75. The standard InChI is InChI=1S/C16H18N2O2/c1-12(19)13-5-3-8-16(9-13)20-11-18-15-7-4-6-14(10-15)17-2/h3-10,17-18H,11H2,1-2H3. The number of ketones is 1. The molecule has 0 amide bonds. The average molecular weight is 270 g/mol. The van der Waals surface area contributed by atoms with Crippen molar-refractivity contribution in [3.8, 4) is 5.75 Å². The summed E-state index contributed by atoms with van der Waals surface area (Å²) in [6.07, 6.45) is 0. The predicted octanol–water partition coefficient (Wildman–Crippen LogP) is 3.38. The van der Waals surface area contributed by atoms with Crippen molar-refractivity contribution in [2.24, 2.45) is 0 Å². The topological polar surface area (TPSA) is 50.4 Å². The van der Waals surface area contributed by atoms with E-state index in [1.54, 1.807) is 19.1 Å². The molecule has 2 rings (SSSR count). The monoisotopic (exact) mass is 270 g/mol. The lowest BCUT2D eigenvalue weighted by Crippen LogP contribution is -2.09. The second-order valence-electron chi connectivity index (χ2n) is 4.38. The van der Waals surface area contributed by atoms with Crippen molar-refractivity contribution in [1.29, 1.82) is 0 Å². The first-order valence-corrected chi connectivity index (χ1v) is 6.44. The van der Waals surface area contributed by atoms with Crippen LogP contribution in [0.4, 0.5) is 11.4 Å². The van der Waals surface area contributed by atoms with Crippen LogP contribution in [0.2, 0.25) is 0 Å². The average Bonchev–Trinajstić information content (AvgIpc) is 2.48.